The number of piperidine rings is 1. The maximum absolute atomic E-state index is 13.9. The number of hydrogen-bond donors (Lipinski definition) is 2. The van der Waals surface area contributed by atoms with E-state index in [1.165, 1.54) is 38.5 Å². The van der Waals surface area contributed by atoms with Crippen LogP contribution in [0.4, 0.5) is 17.1 Å². The minimum Gasteiger partial charge on any atom is -0.391 e. The predicted molar refractivity (Wildman–Crippen MR) is 151 cm³/mol. The second-order valence-corrected chi connectivity index (χ2v) is 15.1. The van der Waals surface area contributed by atoms with Gasteiger partial charge in [-0.25, -0.2) is 8.42 Å². The van der Waals surface area contributed by atoms with Crippen molar-refractivity contribution in [2.24, 2.45) is 29.1 Å². The molecule has 0 aromatic heterocycles. The molecule has 38 heavy (non-hydrogen) atoms. The fraction of sp³-hybridized carbons (Fsp3) is 0.600. The Morgan fingerprint density at radius 1 is 0.974 bits per heavy atom. The third-order valence-corrected chi connectivity index (χ3v) is 12.4. The number of hydrogen-bond acceptors (Lipinski definition) is 5. The second kappa shape index (κ2) is 9.39. The Balaban J connectivity index is 1.05. The topological polar surface area (TPSA) is 72.9 Å². The molecular weight excluding hydrogens is 518 g/mol. The lowest BCUT2D eigenvalue weighted by Gasteiger charge is -2.59. The van der Waals surface area contributed by atoms with Crippen molar-refractivity contribution in [1.82, 2.24) is 4.90 Å². The molecule has 6 aliphatic rings. The van der Waals surface area contributed by atoms with Crippen molar-refractivity contribution >= 4 is 38.7 Å². The molecule has 8 heteroatoms. The number of benzene rings is 2. The zero-order valence-electron chi connectivity index (χ0n) is 21.9. The quantitative estimate of drug-likeness (QED) is 0.482. The maximum Gasteiger partial charge on any atom is 0.266 e. The van der Waals surface area contributed by atoms with Gasteiger partial charge in [-0.3, -0.25) is 4.31 Å². The number of likely N-dealkylation sites (tertiary alicyclic amines) is 1. The molecule has 204 valence electrons. The van der Waals surface area contributed by atoms with Gasteiger partial charge in [-0.1, -0.05) is 23.7 Å². The van der Waals surface area contributed by atoms with Crippen molar-refractivity contribution in [2.45, 2.75) is 62.4 Å². The van der Waals surface area contributed by atoms with Crippen LogP contribution in [-0.2, 0) is 10.0 Å². The van der Waals surface area contributed by atoms with Crippen LogP contribution in [0, 0.1) is 29.1 Å². The molecule has 0 amide bonds. The van der Waals surface area contributed by atoms with E-state index in [1.54, 1.807) is 28.6 Å². The van der Waals surface area contributed by atoms with Crippen LogP contribution in [0.2, 0.25) is 5.02 Å². The number of halogens is 1. The van der Waals surface area contributed by atoms with Crippen LogP contribution in [0.1, 0.15) is 51.4 Å². The van der Waals surface area contributed by atoms with E-state index in [0.717, 1.165) is 55.9 Å². The van der Waals surface area contributed by atoms with Crippen molar-refractivity contribution < 1.29 is 13.5 Å². The summed E-state index contributed by atoms with van der Waals surface area (Å²) in [4.78, 5) is 2.72. The molecule has 4 bridgehead atoms. The Hall–Kier alpha value is -1.80. The van der Waals surface area contributed by atoms with Gasteiger partial charge in [-0.2, -0.15) is 0 Å². The number of nitrogens with zero attached hydrogens (tertiary/aromatic N) is 2. The monoisotopic (exact) mass is 555 g/mol. The lowest BCUT2D eigenvalue weighted by atomic mass is 9.48. The van der Waals surface area contributed by atoms with Gasteiger partial charge in [0.05, 0.1) is 23.2 Å². The number of para-hydroxylation sites is 1. The molecule has 2 N–H and O–H groups in total. The van der Waals surface area contributed by atoms with Gasteiger partial charge in [0.25, 0.3) is 10.0 Å². The van der Waals surface area contributed by atoms with Crippen LogP contribution in [-0.4, -0.2) is 50.7 Å². The van der Waals surface area contributed by atoms with Gasteiger partial charge in [0, 0.05) is 18.1 Å². The van der Waals surface area contributed by atoms with Gasteiger partial charge in [-0.15, -0.1) is 0 Å². The number of aliphatic hydroxyl groups is 1. The number of anilines is 3. The summed E-state index contributed by atoms with van der Waals surface area (Å²) >= 11 is 6.34. The average molecular weight is 556 g/mol. The SMILES string of the molecule is O=S1(=O)c2ccccc2Nc2ccc(Cl)cc2N1CC1CCN(C[C@H](O)C23CC4CC(CC(C4)C2)C3)CC1. The van der Waals surface area contributed by atoms with E-state index in [4.69, 9.17) is 11.6 Å². The van der Waals surface area contributed by atoms with Gasteiger partial charge in [0.2, 0.25) is 0 Å². The van der Waals surface area contributed by atoms with Gasteiger partial charge in [0.1, 0.15) is 4.90 Å². The van der Waals surface area contributed by atoms with Crippen LogP contribution in [0.25, 0.3) is 0 Å². The van der Waals surface area contributed by atoms with Crippen molar-refractivity contribution in [3.8, 4) is 0 Å². The standard InChI is InChI=1S/C30H38ClN3O3S/c31-24-5-6-25-27(14-24)34(38(36,37)28-4-2-1-3-26(28)32-25)18-20-7-9-33(10-8-20)19-29(35)30-15-21-11-22(16-30)13-23(12-21)17-30/h1-6,14,20-23,29,32,35H,7-13,15-19H2/t21?,22?,23?,29-,30?/m0/s1. The molecular formula is C30H38ClN3O3S. The molecule has 2 aromatic carbocycles. The van der Waals surface area contributed by atoms with Crippen molar-refractivity contribution in [3.63, 3.8) is 0 Å². The molecule has 2 aliphatic heterocycles. The third-order valence-electron chi connectivity index (χ3n) is 10.3. The highest BCUT2D eigenvalue weighted by atomic mass is 35.5. The number of aliphatic hydroxyl groups excluding tert-OH is 1. The summed E-state index contributed by atoms with van der Waals surface area (Å²) in [5.41, 5.74) is 2.09. The lowest BCUT2D eigenvalue weighted by Crippen LogP contribution is -2.55. The molecule has 2 aromatic rings. The lowest BCUT2D eigenvalue weighted by molar-refractivity contribution is -0.127. The van der Waals surface area contributed by atoms with Gasteiger partial charge in [-0.05, 0) is 124 Å². The van der Waals surface area contributed by atoms with Gasteiger partial charge in [0.15, 0.2) is 0 Å². The molecule has 0 spiro atoms. The summed E-state index contributed by atoms with van der Waals surface area (Å²) in [6, 6.07) is 12.5. The van der Waals surface area contributed by atoms with Crippen LogP contribution >= 0.6 is 11.6 Å². The summed E-state index contributed by atoms with van der Waals surface area (Å²) in [5, 5.41) is 15.3. The Bertz CT molecular complexity index is 1290. The van der Waals surface area contributed by atoms with Gasteiger partial charge >= 0.3 is 0 Å². The molecule has 6 nitrogen and oxygen atoms in total. The molecule has 4 saturated carbocycles. The van der Waals surface area contributed by atoms with Gasteiger partial charge < -0.3 is 15.3 Å². The van der Waals surface area contributed by atoms with Crippen LogP contribution in [0.3, 0.4) is 0 Å². The number of sulfonamides is 1. The molecule has 0 unspecified atom stereocenters. The van der Waals surface area contributed by atoms with Crippen molar-refractivity contribution in [2.75, 3.05) is 35.8 Å². The number of rotatable bonds is 5. The van der Waals surface area contributed by atoms with Crippen LogP contribution in [0.5, 0.6) is 0 Å². The Labute approximate surface area is 231 Å². The summed E-state index contributed by atoms with van der Waals surface area (Å²) < 4.78 is 29.3. The van der Waals surface area contributed by atoms with E-state index in [1.807, 2.05) is 18.2 Å². The molecule has 8 rings (SSSR count). The van der Waals surface area contributed by atoms with Crippen molar-refractivity contribution in [1.29, 1.82) is 0 Å². The molecule has 1 saturated heterocycles. The van der Waals surface area contributed by atoms with Crippen molar-refractivity contribution in [3.05, 3.63) is 47.5 Å². The predicted octanol–water partition coefficient (Wildman–Crippen LogP) is 5.88. The minimum absolute atomic E-state index is 0.148. The first-order valence-corrected chi connectivity index (χ1v) is 16.2. The van der Waals surface area contributed by atoms with Crippen LogP contribution < -0.4 is 9.62 Å². The number of nitrogens with one attached hydrogen (secondary N) is 1. The Kier molecular flexibility index (Phi) is 6.23. The van der Waals surface area contributed by atoms with E-state index in [2.05, 4.69) is 10.2 Å². The minimum atomic E-state index is -3.75. The summed E-state index contributed by atoms with van der Waals surface area (Å²) in [6.07, 6.45) is 9.45. The zero-order chi connectivity index (χ0) is 26.1. The largest absolute Gasteiger partial charge is 0.391 e. The highest BCUT2D eigenvalue weighted by Gasteiger charge is 2.54. The summed E-state index contributed by atoms with van der Waals surface area (Å²) in [6.45, 7) is 2.99. The molecule has 5 fully saturated rings. The van der Waals surface area contributed by atoms with E-state index in [-0.39, 0.29) is 17.4 Å². The van der Waals surface area contributed by atoms with E-state index in [9.17, 15) is 13.5 Å². The maximum atomic E-state index is 13.9. The smallest absolute Gasteiger partial charge is 0.266 e. The molecule has 0 radical (unpaired) electrons. The van der Waals surface area contributed by atoms with E-state index < -0.39 is 10.0 Å². The second-order valence-electron chi connectivity index (χ2n) is 12.9. The molecule has 2 heterocycles. The van der Waals surface area contributed by atoms with E-state index >= 15 is 0 Å². The fourth-order valence-corrected chi connectivity index (χ4v) is 10.7. The molecule has 4 aliphatic carbocycles. The first-order chi connectivity index (χ1) is 18.3. The third kappa shape index (κ3) is 4.34. The molecule has 1 atom stereocenters. The highest BCUT2D eigenvalue weighted by Crippen LogP contribution is 2.61. The Morgan fingerprint density at radius 2 is 1.63 bits per heavy atom. The zero-order valence-corrected chi connectivity index (χ0v) is 23.4. The van der Waals surface area contributed by atoms with E-state index in [0.29, 0.717) is 27.8 Å². The van der Waals surface area contributed by atoms with Crippen LogP contribution in [0.15, 0.2) is 47.4 Å². The number of β-amino-alcohol motifs (C(OH)–C–C–N with tert-alkyl or cyclic N) is 1. The summed E-state index contributed by atoms with van der Waals surface area (Å²) in [5.74, 6) is 2.77. The normalized spacial score (nSPS) is 32.8. The summed E-state index contributed by atoms with van der Waals surface area (Å²) in [7, 11) is -3.75. The Morgan fingerprint density at radius 3 is 2.32 bits per heavy atom. The highest BCUT2D eigenvalue weighted by molar-refractivity contribution is 7.93. The average Bonchev–Trinajstić information content (AvgIpc) is 2.97. The number of fused-ring (bicyclic) bond motifs is 2. The first kappa shape index (κ1) is 25.2. The fourth-order valence-electron chi connectivity index (χ4n) is 8.81. The first-order valence-electron chi connectivity index (χ1n) is 14.4.